The summed E-state index contributed by atoms with van der Waals surface area (Å²) in [6.07, 6.45) is -10.0. The first-order valence-electron chi connectivity index (χ1n) is 7.23. The van der Waals surface area contributed by atoms with Crippen LogP contribution in [-0.4, -0.2) is 18.2 Å². The number of Topliss-reactive ketones (excluding diaryl/α,β-unsaturated/α-hetero) is 2. The van der Waals surface area contributed by atoms with Gasteiger partial charge in [-0.3, -0.25) is 9.59 Å². The molecule has 0 unspecified atom stereocenters. The van der Waals surface area contributed by atoms with Crippen molar-refractivity contribution in [2.45, 2.75) is 19.0 Å². The summed E-state index contributed by atoms with van der Waals surface area (Å²) in [5, 5.41) is 0. The third-order valence-corrected chi connectivity index (χ3v) is 3.42. The van der Waals surface area contributed by atoms with Gasteiger partial charge in [0.05, 0.1) is 11.1 Å². The van der Waals surface area contributed by atoms with Crippen LogP contribution in [0.1, 0.15) is 31.8 Å². The van der Waals surface area contributed by atoms with Gasteiger partial charge in [-0.2, -0.15) is 35.1 Å². The van der Waals surface area contributed by atoms with Crippen molar-refractivity contribution in [2.24, 2.45) is 0 Å². The molecule has 0 saturated carbocycles. The molecule has 28 heavy (non-hydrogen) atoms. The molecule has 0 heterocycles. The molecule has 0 saturated heterocycles. The van der Waals surface area contributed by atoms with Gasteiger partial charge >= 0.3 is 19.0 Å². The number of carbonyl (C=O) groups is 2. The maximum Gasteiger partial charge on any atom is 0.419 e. The van der Waals surface area contributed by atoms with Crippen LogP contribution in [0.25, 0.3) is 0 Å². The Morgan fingerprint density at radius 3 is 1.86 bits per heavy atom. The lowest BCUT2D eigenvalue weighted by molar-refractivity contribution is -0.142. The second kappa shape index (κ2) is 7.56. The van der Waals surface area contributed by atoms with E-state index in [-0.39, 0.29) is 6.07 Å². The van der Waals surface area contributed by atoms with E-state index >= 15 is 0 Å². The van der Waals surface area contributed by atoms with Crippen LogP contribution in [0.5, 0.6) is 5.75 Å². The van der Waals surface area contributed by atoms with E-state index in [4.69, 9.17) is 0 Å². The zero-order valence-corrected chi connectivity index (χ0v) is 13.4. The minimum Gasteiger partial charge on any atom is -0.434 e. The molecule has 0 aliphatic rings. The minimum absolute atomic E-state index is 0.117. The molecule has 150 valence electrons. The Morgan fingerprint density at radius 1 is 0.786 bits per heavy atom. The molecule has 0 fully saturated rings. The number of halogens is 8. The van der Waals surface area contributed by atoms with Gasteiger partial charge < -0.3 is 4.74 Å². The molecule has 0 atom stereocenters. The number of ether oxygens (including phenoxy) is 1. The van der Waals surface area contributed by atoms with E-state index in [1.54, 1.807) is 0 Å². The van der Waals surface area contributed by atoms with Crippen LogP contribution in [0.4, 0.5) is 35.1 Å². The smallest absolute Gasteiger partial charge is 0.419 e. The van der Waals surface area contributed by atoms with Gasteiger partial charge in [0.15, 0.2) is 0 Å². The molecule has 2 aromatic carbocycles. The first-order chi connectivity index (χ1) is 12.8. The van der Waals surface area contributed by atoms with Gasteiger partial charge in [-0.15, -0.1) is 0 Å². The van der Waals surface area contributed by atoms with Crippen molar-refractivity contribution in [1.82, 2.24) is 0 Å². The summed E-state index contributed by atoms with van der Waals surface area (Å²) >= 11 is 0. The van der Waals surface area contributed by atoms with E-state index < -0.39 is 58.5 Å². The van der Waals surface area contributed by atoms with E-state index in [2.05, 4.69) is 4.74 Å². The molecule has 2 rings (SSSR count). The van der Waals surface area contributed by atoms with Gasteiger partial charge in [0.1, 0.15) is 5.75 Å². The summed E-state index contributed by atoms with van der Waals surface area (Å²) in [6.45, 7) is -3.57. The Morgan fingerprint density at radius 2 is 1.36 bits per heavy atom. The van der Waals surface area contributed by atoms with E-state index in [0.717, 1.165) is 12.1 Å². The number of rotatable bonds is 5. The molecule has 0 bridgehead atoms. The topological polar surface area (TPSA) is 43.4 Å². The molecule has 0 aromatic heterocycles. The van der Waals surface area contributed by atoms with Crippen LogP contribution < -0.4 is 4.74 Å². The third kappa shape index (κ3) is 4.84. The first kappa shape index (κ1) is 21.3. The average molecular weight is 412 g/mol. The Labute approximate surface area is 151 Å². The number of ketones is 2. The van der Waals surface area contributed by atoms with E-state index in [1.807, 2.05) is 0 Å². The highest BCUT2D eigenvalue weighted by atomic mass is 19.4. The quantitative estimate of drug-likeness (QED) is 0.376. The molecule has 11 heteroatoms. The summed E-state index contributed by atoms with van der Waals surface area (Å²) in [6, 6.07) is 3.91. The molecular weight excluding hydrogens is 404 g/mol. The summed E-state index contributed by atoms with van der Waals surface area (Å²) in [4.78, 5) is 24.2. The largest absolute Gasteiger partial charge is 0.434 e. The van der Waals surface area contributed by atoms with Crippen molar-refractivity contribution in [3.8, 4) is 5.75 Å². The average Bonchev–Trinajstić information content (AvgIpc) is 2.58. The number of hydrogen-bond acceptors (Lipinski definition) is 3. The SMILES string of the molecule is O=C(C(=O)c1ccc(OC(F)F)c(C(F)(F)F)c1)c1cccc(C(F)(F)F)c1. The predicted octanol–water partition coefficient (Wildman–Crippen LogP) is 5.39. The van der Waals surface area contributed by atoms with Gasteiger partial charge in [-0.05, 0) is 30.3 Å². The monoisotopic (exact) mass is 412 g/mol. The molecule has 3 nitrogen and oxygen atoms in total. The van der Waals surface area contributed by atoms with E-state index in [0.29, 0.717) is 24.3 Å². The van der Waals surface area contributed by atoms with Gasteiger partial charge in [-0.25, -0.2) is 0 Å². The van der Waals surface area contributed by atoms with Crippen molar-refractivity contribution >= 4 is 11.6 Å². The standard InChI is InChI=1S/C17H8F8O3/c18-15(19)28-12-5-4-9(7-11(12)17(23,24)25)14(27)13(26)8-2-1-3-10(6-8)16(20,21)22/h1-7,15H. The molecule has 0 N–H and O–H groups in total. The molecule has 2 aromatic rings. The second-order valence-corrected chi connectivity index (χ2v) is 5.32. The van der Waals surface area contributed by atoms with Crippen LogP contribution in [0.2, 0.25) is 0 Å². The van der Waals surface area contributed by atoms with Crippen molar-refractivity contribution < 1.29 is 49.4 Å². The van der Waals surface area contributed by atoms with Crippen molar-refractivity contribution in [2.75, 3.05) is 0 Å². The maximum atomic E-state index is 13.0. The highest BCUT2D eigenvalue weighted by Gasteiger charge is 2.37. The molecule has 0 amide bonds. The lowest BCUT2D eigenvalue weighted by Crippen LogP contribution is -2.18. The second-order valence-electron chi connectivity index (χ2n) is 5.32. The summed E-state index contributed by atoms with van der Waals surface area (Å²) in [5.74, 6) is -4.32. The zero-order chi connectivity index (χ0) is 21.3. The minimum atomic E-state index is -5.19. The van der Waals surface area contributed by atoms with Gasteiger partial charge in [0.2, 0.25) is 11.6 Å². The number of carbonyl (C=O) groups excluding carboxylic acids is 2. The van der Waals surface area contributed by atoms with Crippen LogP contribution in [0.3, 0.4) is 0 Å². The fourth-order valence-electron chi connectivity index (χ4n) is 2.19. The number of benzene rings is 2. The van der Waals surface area contributed by atoms with Gasteiger partial charge in [-0.1, -0.05) is 12.1 Å². The number of hydrogen-bond donors (Lipinski definition) is 0. The Balaban J connectivity index is 2.42. The van der Waals surface area contributed by atoms with E-state index in [9.17, 15) is 44.7 Å². The summed E-state index contributed by atoms with van der Waals surface area (Å²) < 4.78 is 105. The normalized spacial score (nSPS) is 12.2. The first-order valence-corrected chi connectivity index (χ1v) is 7.23. The lowest BCUT2D eigenvalue weighted by Gasteiger charge is -2.14. The Hall–Kier alpha value is -2.98. The highest BCUT2D eigenvalue weighted by Crippen LogP contribution is 2.37. The molecular formula is C17H8F8O3. The van der Waals surface area contributed by atoms with Crippen molar-refractivity contribution in [3.63, 3.8) is 0 Å². The summed E-state index contributed by atoms with van der Waals surface area (Å²) in [5.41, 5.74) is -4.52. The van der Waals surface area contributed by atoms with Crippen molar-refractivity contribution in [3.05, 3.63) is 64.7 Å². The van der Waals surface area contributed by atoms with Crippen LogP contribution in [0, 0.1) is 0 Å². The highest BCUT2D eigenvalue weighted by molar-refractivity contribution is 6.49. The Kier molecular flexibility index (Phi) is 5.76. The van der Waals surface area contributed by atoms with Gasteiger partial charge in [0.25, 0.3) is 0 Å². The number of alkyl halides is 8. The van der Waals surface area contributed by atoms with Crippen LogP contribution in [-0.2, 0) is 12.4 Å². The fourth-order valence-corrected chi connectivity index (χ4v) is 2.19. The van der Waals surface area contributed by atoms with E-state index in [1.165, 1.54) is 0 Å². The van der Waals surface area contributed by atoms with Crippen LogP contribution in [0.15, 0.2) is 42.5 Å². The third-order valence-electron chi connectivity index (χ3n) is 3.42. The summed E-state index contributed by atoms with van der Waals surface area (Å²) in [7, 11) is 0. The fraction of sp³-hybridized carbons (Fsp3) is 0.176. The predicted molar refractivity (Wildman–Crippen MR) is 78.2 cm³/mol. The van der Waals surface area contributed by atoms with Crippen molar-refractivity contribution in [1.29, 1.82) is 0 Å². The zero-order valence-electron chi connectivity index (χ0n) is 13.4. The molecule has 0 radical (unpaired) electrons. The molecule has 0 aliphatic carbocycles. The lowest BCUT2D eigenvalue weighted by atomic mass is 9.98. The Bertz CT molecular complexity index is 900. The molecule has 0 spiro atoms. The maximum absolute atomic E-state index is 13.0. The molecule has 0 aliphatic heterocycles. The van der Waals surface area contributed by atoms with Gasteiger partial charge in [0, 0.05) is 11.1 Å². The van der Waals surface area contributed by atoms with Crippen LogP contribution >= 0.6 is 0 Å².